The summed E-state index contributed by atoms with van der Waals surface area (Å²) in [6.45, 7) is 1.63. The molecule has 9 heteroatoms. The van der Waals surface area contributed by atoms with E-state index in [1.54, 1.807) is 43.3 Å². The molecule has 0 unspecified atom stereocenters. The highest BCUT2D eigenvalue weighted by Gasteiger charge is 2.20. The van der Waals surface area contributed by atoms with Crippen molar-refractivity contribution in [1.82, 2.24) is 0 Å². The van der Waals surface area contributed by atoms with Crippen molar-refractivity contribution in [2.24, 2.45) is 0 Å². The lowest BCUT2D eigenvalue weighted by Crippen LogP contribution is -2.16. The van der Waals surface area contributed by atoms with Crippen molar-refractivity contribution in [2.45, 2.75) is 16.7 Å². The Morgan fingerprint density at radius 2 is 1.29 bits per heavy atom. The second-order valence-corrected chi connectivity index (χ2v) is 9.78. The van der Waals surface area contributed by atoms with Crippen LogP contribution in [0.15, 0.2) is 82.6 Å². The van der Waals surface area contributed by atoms with Crippen LogP contribution >= 0.6 is 11.6 Å². The van der Waals surface area contributed by atoms with Crippen molar-refractivity contribution in [1.29, 1.82) is 0 Å². The first kappa shape index (κ1) is 20.2. The third-order valence-corrected chi connectivity index (χ3v) is 7.05. The summed E-state index contributed by atoms with van der Waals surface area (Å²) in [5.41, 5.74) is 0.967. The number of anilines is 2. The van der Waals surface area contributed by atoms with E-state index in [-0.39, 0.29) is 15.5 Å². The van der Waals surface area contributed by atoms with Gasteiger partial charge in [-0.15, -0.1) is 0 Å². The second-order valence-electron chi connectivity index (χ2n) is 6.01. The summed E-state index contributed by atoms with van der Waals surface area (Å²) in [5, 5.41) is 0.483. The van der Waals surface area contributed by atoms with Crippen molar-refractivity contribution < 1.29 is 16.8 Å². The number of halogens is 1. The molecule has 0 amide bonds. The maximum absolute atomic E-state index is 12.8. The molecule has 0 spiro atoms. The molecule has 0 fully saturated rings. The molecule has 0 atom stereocenters. The number of rotatable bonds is 6. The number of benzene rings is 3. The van der Waals surface area contributed by atoms with Crippen LogP contribution in [0.5, 0.6) is 0 Å². The van der Waals surface area contributed by atoms with Gasteiger partial charge in [-0.05, 0) is 61.0 Å². The van der Waals surface area contributed by atoms with Crippen LogP contribution in [-0.2, 0) is 20.0 Å². The first-order valence-electron chi connectivity index (χ1n) is 8.14. The fourth-order valence-electron chi connectivity index (χ4n) is 2.49. The van der Waals surface area contributed by atoms with Gasteiger partial charge in [0, 0.05) is 10.7 Å². The van der Waals surface area contributed by atoms with Gasteiger partial charge >= 0.3 is 0 Å². The van der Waals surface area contributed by atoms with Crippen LogP contribution in [0.1, 0.15) is 5.56 Å². The molecule has 3 aromatic carbocycles. The van der Waals surface area contributed by atoms with Crippen LogP contribution in [0, 0.1) is 6.92 Å². The van der Waals surface area contributed by atoms with Gasteiger partial charge in [-0.2, -0.15) is 0 Å². The molecule has 0 aliphatic heterocycles. The van der Waals surface area contributed by atoms with E-state index in [1.165, 1.54) is 36.4 Å². The van der Waals surface area contributed by atoms with Crippen LogP contribution < -0.4 is 9.44 Å². The molecule has 0 bridgehead atoms. The average molecular weight is 437 g/mol. The molecule has 3 rings (SSSR count). The van der Waals surface area contributed by atoms with Crippen LogP contribution in [0.25, 0.3) is 0 Å². The zero-order valence-corrected chi connectivity index (χ0v) is 17.1. The molecule has 0 aliphatic carbocycles. The first-order chi connectivity index (χ1) is 13.2. The molecule has 2 N–H and O–H groups in total. The first-order valence-corrected chi connectivity index (χ1v) is 11.5. The zero-order chi connectivity index (χ0) is 20.4. The van der Waals surface area contributed by atoms with Gasteiger partial charge in [0.25, 0.3) is 20.0 Å². The topological polar surface area (TPSA) is 92.3 Å². The summed E-state index contributed by atoms with van der Waals surface area (Å²) in [7, 11) is -7.76. The maximum Gasteiger partial charge on any atom is 0.262 e. The zero-order valence-electron chi connectivity index (χ0n) is 14.8. The SMILES string of the molecule is Cc1ccc(NS(=O)(=O)c2ccccc2)cc1S(=O)(=O)Nc1ccc(Cl)cc1. The Bertz CT molecular complexity index is 1190. The second kappa shape index (κ2) is 7.83. The van der Waals surface area contributed by atoms with E-state index in [1.807, 2.05) is 0 Å². The summed E-state index contributed by atoms with van der Waals surface area (Å²) in [6, 6.07) is 18.4. The molecule has 28 heavy (non-hydrogen) atoms. The number of sulfonamides is 2. The Kier molecular flexibility index (Phi) is 5.64. The predicted octanol–water partition coefficient (Wildman–Crippen LogP) is 4.25. The smallest absolute Gasteiger partial charge is 0.262 e. The normalized spacial score (nSPS) is 11.8. The fraction of sp³-hybridized carbons (Fsp3) is 0.0526. The Morgan fingerprint density at radius 3 is 1.93 bits per heavy atom. The van der Waals surface area contributed by atoms with Gasteiger partial charge in [-0.1, -0.05) is 35.9 Å². The largest absolute Gasteiger partial charge is 0.280 e. The number of hydrogen-bond donors (Lipinski definition) is 2. The Labute approximate surface area is 169 Å². The minimum atomic E-state index is -3.93. The summed E-state index contributed by atoms with van der Waals surface area (Å²) >= 11 is 5.82. The van der Waals surface area contributed by atoms with E-state index < -0.39 is 20.0 Å². The maximum atomic E-state index is 12.8. The van der Waals surface area contributed by atoms with Gasteiger partial charge in [0.1, 0.15) is 0 Å². The highest BCUT2D eigenvalue weighted by molar-refractivity contribution is 7.93. The number of hydrogen-bond acceptors (Lipinski definition) is 4. The van der Waals surface area contributed by atoms with Crippen LogP contribution in [0.2, 0.25) is 5.02 Å². The van der Waals surface area contributed by atoms with Crippen molar-refractivity contribution >= 4 is 43.0 Å². The lowest BCUT2D eigenvalue weighted by Gasteiger charge is -2.13. The van der Waals surface area contributed by atoms with Gasteiger partial charge in [-0.25, -0.2) is 16.8 Å². The number of nitrogens with one attached hydrogen (secondary N) is 2. The number of aryl methyl sites for hydroxylation is 1. The van der Waals surface area contributed by atoms with E-state index in [9.17, 15) is 16.8 Å². The minimum absolute atomic E-state index is 0.0317. The van der Waals surface area contributed by atoms with Crippen molar-refractivity contribution in [3.63, 3.8) is 0 Å². The standard InChI is InChI=1S/C19H17ClN2O4S2/c1-14-7-10-17(22-27(23,24)18-5-3-2-4-6-18)13-19(14)28(25,26)21-16-11-8-15(20)9-12-16/h2-13,21-22H,1H3. The third kappa shape index (κ3) is 4.64. The molecular weight excluding hydrogens is 420 g/mol. The molecule has 0 radical (unpaired) electrons. The summed E-state index contributed by atoms with van der Waals surface area (Å²) < 4.78 is 55.4. The quantitative estimate of drug-likeness (QED) is 0.604. The Hall–Kier alpha value is -2.55. The highest BCUT2D eigenvalue weighted by atomic mass is 35.5. The van der Waals surface area contributed by atoms with E-state index in [2.05, 4.69) is 9.44 Å². The van der Waals surface area contributed by atoms with Crippen LogP contribution in [-0.4, -0.2) is 16.8 Å². The van der Waals surface area contributed by atoms with E-state index in [0.29, 0.717) is 16.3 Å². The van der Waals surface area contributed by atoms with Gasteiger partial charge in [0.15, 0.2) is 0 Å². The van der Waals surface area contributed by atoms with Gasteiger partial charge in [0.2, 0.25) is 0 Å². The van der Waals surface area contributed by atoms with Gasteiger partial charge in [0.05, 0.1) is 15.5 Å². The third-order valence-electron chi connectivity index (χ3n) is 3.88. The predicted molar refractivity (Wildman–Crippen MR) is 111 cm³/mol. The molecule has 3 aromatic rings. The molecule has 146 valence electrons. The van der Waals surface area contributed by atoms with Crippen molar-refractivity contribution in [3.05, 3.63) is 83.4 Å². The molecule has 0 saturated heterocycles. The van der Waals surface area contributed by atoms with Gasteiger partial charge < -0.3 is 0 Å². The fourth-order valence-corrected chi connectivity index (χ4v) is 5.02. The monoisotopic (exact) mass is 436 g/mol. The molecule has 0 heterocycles. The lowest BCUT2D eigenvalue weighted by atomic mass is 10.2. The van der Waals surface area contributed by atoms with Crippen LogP contribution in [0.3, 0.4) is 0 Å². The molecular formula is C19H17ClN2O4S2. The summed E-state index contributed by atoms with van der Waals surface area (Å²) in [6.07, 6.45) is 0. The molecule has 0 aliphatic rings. The van der Waals surface area contributed by atoms with E-state index in [0.717, 1.165) is 0 Å². The summed E-state index contributed by atoms with van der Waals surface area (Å²) in [4.78, 5) is 0.0509. The highest BCUT2D eigenvalue weighted by Crippen LogP contribution is 2.25. The van der Waals surface area contributed by atoms with E-state index in [4.69, 9.17) is 11.6 Å². The average Bonchev–Trinajstić information content (AvgIpc) is 2.65. The molecule has 0 saturated carbocycles. The Morgan fingerprint density at radius 1 is 0.714 bits per heavy atom. The van der Waals surface area contributed by atoms with Crippen molar-refractivity contribution in [3.8, 4) is 0 Å². The molecule has 0 aromatic heterocycles. The van der Waals surface area contributed by atoms with Crippen molar-refractivity contribution in [2.75, 3.05) is 9.44 Å². The van der Waals surface area contributed by atoms with Crippen LogP contribution in [0.4, 0.5) is 11.4 Å². The Balaban J connectivity index is 1.92. The van der Waals surface area contributed by atoms with Gasteiger partial charge in [-0.3, -0.25) is 9.44 Å². The van der Waals surface area contributed by atoms with E-state index >= 15 is 0 Å². The summed E-state index contributed by atoms with van der Waals surface area (Å²) in [5.74, 6) is 0. The molecule has 6 nitrogen and oxygen atoms in total. The minimum Gasteiger partial charge on any atom is -0.280 e. The lowest BCUT2D eigenvalue weighted by molar-refractivity contribution is 0.598.